The molecule has 28 heavy (non-hydrogen) atoms. The third-order valence-electron chi connectivity index (χ3n) is 4.70. The van der Waals surface area contributed by atoms with Gasteiger partial charge in [0.25, 0.3) is 5.91 Å². The minimum absolute atomic E-state index is 0.153. The van der Waals surface area contributed by atoms with Crippen LogP contribution < -0.4 is 5.32 Å². The van der Waals surface area contributed by atoms with Crippen LogP contribution in [0.4, 0.5) is 0 Å². The smallest absolute Gasteiger partial charge is 0.276 e. The summed E-state index contributed by atoms with van der Waals surface area (Å²) in [7, 11) is 0. The molecular weight excluding hydrogens is 382 g/mol. The zero-order chi connectivity index (χ0) is 19.5. The first kappa shape index (κ1) is 18.3. The summed E-state index contributed by atoms with van der Waals surface area (Å²) in [5.74, 6) is 0.520. The van der Waals surface area contributed by atoms with Gasteiger partial charge in [0.2, 0.25) is 5.91 Å². The molecule has 0 unspecified atom stereocenters. The Hall–Kier alpha value is -3.06. The van der Waals surface area contributed by atoms with Gasteiger partial charge in [-0.3, -0.25) is 9.59 Å². The Morgan fingerprint density at radius 3 is 2.89 bits per heavy atom. The van der Waals surface area contributed by atoms with Crippen LogP contribution in [0.3, 0.4) is 0 Å². The molecule has 8 heteroatoms. The van der Waals surface area contributed by atoms with Crippen molar-refractivity contribution in [2.75, 3.05) is 6.54 Å². The van der Waals surface area contributed by atoms with Crippen molar-refractivity contribution >= 4 is 23.4 Å². The first-order valence-electron chi connectivity index (χ1n) is 8.96. The number of carbonyl (C=O) groups is 2. The average molecular weight is 400 g/mol. The number of nitrogens with one attached hydrogen (secondary N) is 1. The van der Waals surface area contributed by atoms with Crippen molar-refractivity contribution in [3.63, 3.8) is 0 Å². The fourth-order valence-corrected chi connectivity index (χ4v) is 3.53. The SMILES string of the molecule is O=C(NCc1ccco1)[C@@H]1CCCN1C(=O)c1cc(-c2ccccc2Cl)on1. The second kappa shape index (κ2) is 7.90. The van der Waals surface area contributed by atoms with Crippen LogP contribution in [0.25, 0.3) is 11.3 Å². The quantitative estimate of drug-likeness (QED) is 0.709. The molecule has 1 saturated heterocycles. The van der Waals surface area contributed by atoms with Gasteiger partial charge in [0.1, 0.15) is 11.8 Å². The van der Waals surface area contributed by atoms with E-state index in [4.69, 9.17) is 20.5 Å². The molecule has 144 valence electrons. The highest BCUT2D eigenvalue weighted by Crippen LogP contribution is 2.29. The van der Waals surface area contributed by atoms with E-state index in [2.05, 4.69) is 10.5 Å². The number of hydrogen-bond donors (Lipinski definition) is 1. The van der Waals surface area contributed by atoms with Crippen LogP contribution in [-0.4, -0.2) is 34.5 Å². The maximum Gasteiger partial charge on any atom is 0.276 e. The van der Waals surface area contributed by atoms with E-state index in [1.165, 1.54) is 4.90 Å². The van der Waals surface area contributed by atoms with Crippen molar-refractivity contribution in [1.29, 1.82) is 0 Å². The number of likely N-dealkylation sites (tertiary alicyclic amines) is 1. The molecule has 2 aromatic heterocycles. The molecule has 4 rings (SSSR count). The predicted octanol–water partition coefficient (Wildman–Crippen LogP) is 3.51. The number of halogens is 1. The van der Waals surface area contributed by atoms with Gasteiger partial charge in [-0.05, 0) is 37.1 Å². The third kappa shape index (κ3) is 3.66. The van der Waals surface area contributed by atoms with Gasteiger partial charge in [0.05, 0.1) is 17.8 Å². The lowest BCUT2D eigenvalue weighted by Gasteiger charge is -2.22. The molecule has 1 atom stereocenters. The van der Waals surface area contributed by atoms with E-state index in [1.54, 1.807) is 36.6 Å². The molecule has 3 heterocycles. The summed E-state index contributed by atoms with van der Waals surface area (Å²) in [6, 6.07) is 11.7. The molecule has 1 aliphatic rings. The van der Waals surface area contributed by atoms with Crippen molar-refractivity contribution in [3.8, 4) is 11.3 Å². The summed E-state index contributed by atoms with van der Waals surface area (Å²) in [5.41, 5.74) is 0.811. The summed E-state index contributed by atoms with van der Waals surface area (Å²) in [5, 5.41) is 7.21. The molecule has 0 bridgehead atoms. The number of rotatable bonds is 5. The summed E-state index contributed by atoms with van der Waals surface area (Å²) in [6.07, 6.45) is 2.90. The summed E-state index contributed by atoms with van der Waals surface area (Å²) < 4.78 is 10.5. The number of furan rings is 1. The molecule has 7 nitrogen and oxygen atoms in total. The van der Waals surface area contributed by atoms with E-state index in [9.17, 15) is 9.59 Å². The zero-order valence-electron chi connectivity index (χ0n) is 14.9. The van der Waals surface area contributed by atoms with E-state index in [1.807, 2.05) is 12.1 Å². The summed E-state index contributed by atoms with van der Waals surface area (Å²) in [4.78, 5) is 27.0. The number of benzene rings is 1. The van der Waals surface area contributed by atoms with Crippen LogP contribution in [0.15, 0.2) is 57.7 Å². The Morgan fingerprint density at radius 2 is 2.11 bits per heavy atom. The molecule has 1 N–H and O–H groups in total. The fourth-order valence-electron chi connectivity index (χ4n) is 3.30. The van der Waals surface area contributed by atoms with Crippen LogP contribution >= 0.6 is 11.6 Å². The van der Waals surface area contributed by atoms with Gasteiger partial charge in [0.15, 0.2) is 11.5 Å². The molecule has 0 spiro atoms. The van der Waals surface area contributed by atoms with Gasteiger partial charge < -0.3 is 19.2 Å². The Morgan fingerprint density at radius 1 is 1.25 bits per heavy atom. The van der Waals surface area contributed by atoms with Crippen molar-refractivity contribution in [2.24, 2.45) is 0 Å². The molecule has 1 fully saturated rings. The molecule has 0 aliphatic carbocycles. The lowest BCUT2D eigenvalue weighted by Crippen LogP contribution is -2.45. The second-order valence-corrected chi connectivity index (χ2v) is 6.92. The minimum atomic E-state index is -0.539. The lowest BCUT2D eigenvalue weighted by molar-refractivity contribution is -0.125. The largest absolute Gasteiger partial charge is 0.467 e. The first-order chi connectivity index (χ1) is 13.6. The lowest BCUT2D eigenvalue weighted by atomic mass is 10.1. The second-order valence-electron chi connectivity index (χ2n) is 6.51. The maximum atomic E-state index is 12.9. The summed E-state index contributed by atoms with van der Waals surface area (Å²) >= 11 is 6.17. The Bertz CT molecular complexity index is 983. The van der Waals surface area contributed by atoms with Crippen LogP contribution in [0.5, 0.6) is 0 Å². The van der Waals surface area contributed by atoms with Crippen molar-refractivity contribution < 1.29 is 18.5 Å². The van der Waals surface area contributed by atoms with Crippen molar-refractivity contribution in [1.82, 2.24) is 15.4 Å². The van der Waals surface area contributed by atoms with Crippen LogP contribution in [-0.2, 0) is 11.3 Å². The highest BCUT2D eigenvalue weighted by molar-refractivity contribution is 6.33. The normalized spacial score (nSPS) is 16.3. The van der Waals surface area contributed by atoms with Gasteiger partial charge >= 0.3 is 0 Å². The van der Waals surface area contributed by atoms with Crippen LogP contribution in [0.2, 0.25) is 5.02 Å². The minimum Gasteiger partial charge on any atom is -0.467 e. The summed E-state index contributed by atoms with van der Waals surface area (Å²) in [6.45, 7) is 0.775. The van der Waals surface area contributed by atoms with E-state index in [0.717, 1.165) is 6.42 Å². The zero-order valence-corrected chi connectivity index (χ0v) is 15.7. The highest BCUT2D eigenvalue weighted by Gasteiger charge is 2.35. The number of nitrogens with zero attached hydrogens (tertiary/aromatic N) is 2. The van der Waals surface area contributed by atoms with Gasteiger partial charge in [0, 0.05) is 18.2 Å². The molecule has 0 saturated carbocycles. The topological polar surface area (TPSA) is 88.6 Å². The molecule has 0 radical (unpaired) electrons. The highest BCUT2D eigenvalue weighted by atomic mass is 35.5. The maximum absolute atomic E-state index is 12.9. The van der Waals surface area contributed by atoms with Gasteiger partial charge in [-0.1, -0.05) is 28.9 Å². The Balaban J connectivity index is 1.46. The Kier molecular flexibility index (Phi) is 5.16. The number of aromatic nitrogens is 1. The third-order valence-corrected chi connectivity index (χ3v) is 5.03. The fraction of sp³-hybridized carbons (Fsp3) is 0.250. The molecule has 2 amide bonds. The van der Waals surface area contributed by atoms with Gasteiger partial charge in [-0.15, -0.1) is 0 Å². The standard InChI is InChI=1S/C20H18ClN3O4/c21-15-7-2-1-6-14(15)18-11-16(23-28-18)20(26)24-9-3-8-17(24)19(25)22-12-13-5-4-10-27-13/h1-2,4-7,10-11,17H,3,8-9,12H2,(H,22,25)/t17-/m0/s1. The van der Waals surface area contributed by atoms with Crippen molar-refractivity contribution in [3.05, 3.63) is 65.2 Å². The van der Waals surface area contributed by atoms with Crippen molar-refractivity contribution in [2.45, 2.75) is 25.4 Å². The molecular formula is C20H18ClN3O4. The monoisotopic (exact) mass is 399 g/mol. The van der Waals surface area contributed by atoms with E-state index < -0.39 is 6.04 Å². The number of amides is 2. The molecule has 1 aromatic carbocycles. The number of carbonyl (C=O) groups excluding carboxylic acids is 2. The van der Waals surface area contributed by atoms with Gasteiger partial charge in [-0.25, -0.2) is 0 Å². The molecule has 1 aliphatic heterocycles. The molecule has 3 aromatic rings. The van der Waals surface area contributed by atoms with E-state index in [0.29, 0.717) is 35.1 Å². The average Bonchev–Trinajstić information content (AvgIpc) is 3.47. The van der Waals surface area contributed by atoms with Crippen LogP contribution in [0, 0.1) is 0 Å². The van der Waals surface area contributed by atoms with Crippen LogP contribution in [0.1, 0.15) is 29.1 Å². The Labute approximate surface area is 166 Å². The first-order valence-corrected chi connectivity index (χ1v) is 9.34. The number of hydrogen-bond acceptors (Lipinski definition) is 5. The van der Waals surface area contributed by atoms with Gasteiger partial charge in [-0.2, -0.15) is 0 Å². The van der Waals surface area contributed by atoms with E-state index in [-0.39, 0.29) is 24.1 Å². The van der Waals surface area contributed by atoms with E-state index >= 15 is 0 Å². The predicted molar refractivity (Wildman–Crippen MR) is 102 cm³/mol.